The summed E-state index contributed by atoms with van der Waals surface area (Å²) in [6.45, 7) is 0.470. The number of benzene rings is 3. The fourth-order valence-electron chi connectivity index (χ4n) is 3.05. The van der Waals surface area contributed by atoms with Crippen molar-refractivity contribution in [1.29, 1.82) is 5.26 Å². The van der Waals surface area contributed by atoms with Gasteiger partial charge >= 0.3 is 0 Å². The van der Waals surface area contributed by atoms with E-state index in [0.717, 1.165) is 16.9 Å². The summed E-state index contributed by atoms with van der Waals surface area (Å²) in [6.07, 6.45) is 1.48. The molecule has 0 aliphatic carbocycles. The van der Waals surface area contributed by atoms with Gasteiger partial charge in [0, 0.05) is 26.6 Å². The quantitative estimate of drug-likeness (QED) is 0.230. The van der Waals surface area contributed by atoms with Crippen LogP contribution < -0.4 is 19.5 Å². The molecule has 0 unspecified atom stereocenters. The molecule has 0 saturated carbocycles. The molecule has 0 saturated heterocycles. The Morgan fingerprint density at radius 2 is 1.80 bits per heavy atom. The molecule has 0 spiro atoms. The van der Waals surface area contributed by atoms with Crippen LogP contribution in [0.3, 0.4) is 0 Å². The van der Waals surface area contributed by atoms with E-state index in [0.29, 0.717) is 31.6 Å². The van der Waals surface area contributed by atoms with Gasteiger partial charge in [0.25, 0.3) is 5.91 Å². The predicted octanol–water partition coefficient (Wildman–Crippen LogP) is 6.58. The van der Waals surface area contributed by atoms with Gasteiger partial charge in [0.2, 0.25) is 0 Å². The average molecular weight is 576 g/mol. The van der Waals surface area contributed by atoms with E-state index in [-0.39, 0.29) is 18.7 Å². The van der Waals surface area contributed by atoms with Crippen molar-refractivity contribution in [2.24, 2.45) is 0 Å². The van der Waals surface area contributed by atoms with Gasteiger partial charge in [-0.1, -0.05) is 57.3 Å². The Morgan fingerprint density at radius 3 is 2.43 bits per heavy atom. The summed E-state index contributed by atoms with van der Waals surface area (Å²) in [6, 6.07) is 17.8. The monoisotopic (exact) mass is 574 g/mol. The summed E-state index contributed by atoms with van der Waals surface area (Å²) in [5.41, 5.74) is 2.16. The van der Waals surface area contributed by atoms with Crippen LogP contribution in [0.15, 0.2) is 64.6 Å². The lowest BCUT2D eigenvalue weighted by Crippen LogP contribution is -2.23. The minimum atomic E-state index is -0.494. The Labute approximate surface area is 222 Å². The van der Waals surface area contributed by atoms with E-state index < -0.39 is 5.91 Å². The molecule has 0 atom stereocenters. The molecule has 1 N–H and O–H groups in total. The number of carbonyl (C=O) groups is 1. The van der Waals surface area contributed by atoms with E-state index in [1.807, 2.05) is 18.2 Å². The maximum absolute atomic E-state index is 12.6. The third-order valence-corrected chi connectivity index (χ3v) is 6.23. The van der Waals surface area contributed by atoms with Crippen LogP contribution in [0.2, 0.25) is 10.0 Å². The summed E-state index contributed by atoms with van der Waals surface area (Å²) < 4.78 is 17.1. The highest BCUT2D eigenvalue weighted by molar-refractivity contribution is 9.10. The molecule has 6 nitrogen and oxygen atoms in total. The summed E-state index contributed by atoms with van der Waals surface area (Å²) in [5.74, 6) is 1.12. The maximum Gasteiger partial charge on any atom is 0.262 e. The number of rotatable bonds is 9. The van der Waals surface area contributed by atoms with Gasteiger partial charge in [0.1, 0.15) is 24.0 Å². The zero-order valence-corrected chi connectivity index (χ0v) is 22.0. The Balaban J connectivity index is 1.74. The van der Waals surface area contributed by atoms with Crippen molar-refractivity contribution in [1.82, 2.24) is 5.32 Å². The second-order valence-corrected chi connectivity index (χ2v) is 8.95. The Kier molecular flexibility index (Phi) is 9.44. The number of halogens is 3. The number of nitrogens with one attached hydrogen (secondary N) is 1. The molecule has 3 aromatic rings. The summed E-state index contributed by atoms with van der Waals surface area (Å²) in [5, 5.41) is 13.3. The van der Waals surface area contributed by atoms with E-state index in [2.05, 4.69) is 21.2 Å². The Morgan fingerprint density at radius 1 is 1.06 bits per heavy atom. The number of hydrogen-bond donors (Lipinski definition) is 1. The number of methoxy groups -OCH3 is 2. The molecule has 3 rings (SSSR count). The molecule has 0 aromatic heterocycles. The topological polar surface area (TPSA) is 80.6 Å². The lowest BCUT2D eigenvalue weighted by Gasteiger charge is -2.14. The molecular weight excluding hydrogens is 555 g/mol. The van der Waals surface area contributed by atoms with Gasteiger partial charge in [-0.05, 0) is 53.6 Å². The van der Waals surface area contributed by atoms with Crippen molar-refractivity contribution < 1.29 is 19.0 Å². The highest BCUT2D eigenvalue weighted by atomic mass is 79.9. The number of hydrogen-bond acceptors (Lipinski definition) is 5. The van der Waals surface area contributed by atoms with E-state index in [4.69, 9.17) is 37.4 Å². The first-order valence-electron chi connectivity index (χ1n) is 10.3. The zero-order valence-electron chi connectivity index (χ0n) is 18.9. The second-order valence-electron chi connectivity index (χ2n) is 7.25. The second kappa shape index (κ2) is 12.5. The Bertz CT molecular complexity index is 1290. The van der Waals surface area contributed by atoms with Gasteiger partial charge in [-0.3, -0.25) is 4.79 Å². The number of amides is 1. The van der Waals surface area contributed by atoms with Crippen LogP contribution in [0.5, 0.6) is 17.2 Å². The highest BCUT2D eigenvalue weighted by Crippen LogP contribution is 2.35. The van der Waals surface area contributed by atoms with Crippen molar-refractivity contribution in [3.63, 3.8) is 0 Å². The SMILES string of the molecule is COc1ccc(CNC(=O)/C(C#N)=C\c2cc(OC)c(OCc3ccc(Cl)cc3Cl)cc2Br)cc1. The molecule has 0 radical (unpaired) electrons. The molecule has 0 aliphatic heterocycles. The van der Waals surface area contributed by atoms with Crippen LogP contribution in [0, 0.1) is 11.3 Å². The molecule has 0 fully saturated rings. The zero-order chi connectivity index (χ0) is 25.4. The molecule has 3 aromatic carbocycles. The Hall–Kier alpha value is -3.18. The van der Waals surface area contributed by atoms with Crippen LogP contribution >= 0.6 is 39.1 Å². The maximum atomic E-state index is 12.6. The minimum Gasteiger partial charge on any atom is -0.497 e. The van der Waals surface area contributed by atoms with Gasteiger partial charge in [-0.2, -0.15) is 5.26 Å². The normalized spacial score (nSPS) is 10.9. The van der Waals surface area contributed by atoms with Crippen molar-refractivity contribution in [2.75, 3.05) is 14.2 Å². The molecule has 35 heavy (non-hydrogen) atoms. The lowest BCUT2D eigenvalue weighted by molar-refractivity contribution is -0.117. The smallest absolute Gasteiger partial charge is 0.262 e. The summed E-state index contributed by atoms with van der Waals surface area (Å²) in [7, 11) is 3.09. The number of nitriles is 1. The first-order valence-corrected chi connectivity index (χ1v) is 11.9. The van der Waals surface area contributed by atoms with Crippen molar-refractivity contribution in [3.05, 3.63) is 91.4 Å². The molecule has 180 valence electrons. The third kappa shape index (κ3) is 7.15. The molecule has 9 heteroatoms. The van der Waals surface area contributed by atoms with Crippen molar-refractivity contribution in [2.45, 2.75) is 13.2 Å². The molecular formula is C26H21BrCl2N2O4. The van der Waals surface area contributed by atoms with Crippen LogP contribution in [0.25, 0.3) is 6.08 Å². The van der Waals surface area contributed by atoms with Crippen LogP contribution in [0.4, 0.5) is 0 Å². The summed E-state index contributed by atoms with van der Waals surface area (Å²) >= 11 is 15.6. The third-order valence-electron chi connectivity index (χ3n) is 4.96. The standard InChI is InChI=1S/C26H21BrCl2N2O4/c1-33-21-7-3-16(4-8-21)14-31-26(32)19(13-30)9-18-10-24(34-2)25(12-22(18)27)35-15-17-5-6-20(28)11-23(17)29/h3-12H,14-15H2,1-2H3,(H,31,32)/b19-9-. The molecule has 0 bridgehead atoms. The van der Waals surface area contributed by atoms with E-state index in [9.17, 15) is 10.1 Å². The predicted molar refractivity (Wildman–Crippen MR) is 140 cm³/mol. The number of carbonyl (C=O) groups excluding carboxylic acids is 1. The highest BCUT2D eigenvalue weighted by Gasteiger charge is 2.14. The van der Waals surface area contributed by atoms with E-state index in [1.54, 1.807) is 49.6 Å². The number of nitrogens with zero attached hydrogens (tertiary/aromatic N) is 1. The van der Waals surface area contributed by atoms with Gasteiger partial charge in [-0.15, -0.1) is 0 Å². The van der Waals surface area contributed by atoms with Crippen molar-refractivity contribution >= 4 is 51.1 Å². The van der Waals surface area contributed by atoms with Gasteiger partial charge < -0.3 is 19.5 Å². The fraction of sp³-hybridized carbons (Fsp3) is 0.154. The first kappa shape index (κ1) is 26.4. The van der Waals surface area contributed by atoms with Crippen molar-refractivity contribution in [3.8, 4) is 23.3 Å². The number of ether oxygens (including phenoxy) is 3. The van der Waals surface area contributed by atoms with Gasteiger partial charge in [0.15, 0.2) is 11.5 Å². The first-order chi connectivity index (χ1) is 16.8. The molecule has 1 amide bonds. The van der Waals surface area contributed by atoms with Crippen LogP contribution in [-0.2, 0) is 17.9 Å². The average Bonchev–Trinajstić information content (AvgIpc) is 2.86. The lowest BCUT2D eigenvalue weighted by atomic mass is 10.1. The molecule has 0 aliphatic rings. The van der Waals surface area contributed by atoms with Crippen LogP contribution in [-0.4, -0.2) is 20.1 Å². The van der Waals surface area contributed by atoms with E-state index >= 15 is 0 Å². The summed E-state index contributed by atoms with van der Waals surface area (Å²) in [4.78, 5) is 12.6. The molecule has 0 heterocycles. The van der Waals surface area contributed by atoms with Crippen LogP contribution in [0.1, 0.15) is 16.7 Å². The van der Waals surface area contributed by atoms with Gasteiger partial charge in [0.05, 0.1) is 14.2 Å². The largest absolute Gasteiger partial charge is 0.497 e. The fourth-order valence-corrected chi connectivity index (χ4v) is 3.95. The minimum absolute atomic E-state index is 0.0529. The van der Waals surface area contributed by atoms with Gasteiger partial charge in [-0.25, -0.2) is 0 Å². The van der Waals surface area contributed by atoms with E-state index in [1.165, 1.54) is 13.2 Å².